The van der Waals surface area contributed by atoms with Crippen molar-refractivity contribution in [1.29, 1.82) is 0 Å². The molecule has 1 aromatic heterocycles. The van der Waals surface area contributed by atoms with E-state index in [4.69, 9.17) is 4.74 Å². The second kappa shape index (κ2) is 9.51. The van der Waals surface area contributed by atoms with Gasteiger partial charge < -0.3 is 20.4 Å². The van der Waals surface area contributed by atoms with Crippen molar-refractivity contribution in [2.75, 3.05) is 20.2 Å². The number of methoxy groups -OCH3 is 1. The van der Waals surface area contributed by atoms with Gasteiger partial charge >= 0.3 is 6.03 Å². The summed E-state index contributed by atoms with van der Waals surface area (Å²) in [6, 6.07) is 13.9. The molecular weight excluding hydrogens is 410 g/mol. The zero-order valence-electron chi connectivity index (χ0n) is 17.8. The number of rotatable bonds is 9. The van der Waals surface area contributed by atoms with Gasteiger partial charge in [-0.3, -0.25) is 14.5 Å². The molecule has 0 spiro atoms. The maximum absolute atomic E-state index is 12.6. The highest BCUT2D eigenvalue weighted by molar-refractivity contribution is 6.05. The number of H-pyrrole nitrogens is 1. The quantitative estimate of drug-likeness (QED) is 0.443. The maximum atomic E-state index is 12.6. The molecule has 0 radical (unpaired) electrons. The number of ether oxygens (including phenoxy) is 1. The Bertz CT molecular complexity index is 1090. The van der Waals surface area contributed by atoms with E-state index in [2.05, 4.69) is 20.6 Å². The number of aromatic nitrogens is 2. The zero-order valence-corrected chi connectivity index (χ0v) is 17.8. The Morgan fingerprint density at radius 2 is 1.91 bits per heavy atom. The van der Waals surface area contributed by atoms with E-state index < -0.39 is 12.1 Å². The van der Waals surface area contributed by atoms with Crippen LogP contribution in [-0.4, -0.2) is 59.0 Å². The number of hydrogen-bond donors (Lipinski definition) is 3. The minimum atomic E-state index is -0.843. The zero-order chi connectivity index (χ0) is 22.5. The SMILES string of the molecule is COc1ccc(CCN2C(=O)N[C@@H](CC(=O)NCCc3nc4ccccc4[nH]3)C2=O)cc1. The van der Waals surface area contributed by atoms with Crippen molar-refractivity contribution in [2.24, 2.45) is 0 Å². The minimum absolute atomic E-state index is 0.0935. The van der Waals surface area contributed by atoms with Gasteiger partial charge in [0.25, 0.3) is 5.91 Å². The lowest BCUT2D eigenvalue weighted by atomic mass is 10.1. The van der Waals surface area contributed by atoms with Gasteiger partial charge in [0.1, 0.15) is 17.6 Å². The maximum Gasteiger partial charge on any atom is 0.324 e. The van der Waals surface area contributed by atoms with E-state index in [0.717, 1.165) is 33.1 Å². The molecule has 3 N–H and O–H groups in total. The number of imidazole rings is 1. The van der Waals surface area contributed by atoms with Crippen LogP contribution >= 0.6 is 0 Å². The Balaban J connectivity index is 1.23. The first-order chi connectivity index (χ1) is 15.5. The number of aromatic amines is 1. The predicted octanol–water partition coefficient (Wildman–Crippen LogP) is 1.78. The van der Waals surface area contributed by atoms with Crippen LogP contribution < -0.4 is 15.4 Å². The molecule has 9 nitrogen and oxygen atoms in total. The number of carbonyl (C=O) groups excluding carboxylic acids is 3. The highest BCUT2D eigenvalue weighted by Gasteiger charge is 2.38. The topological polar surface area (TPSA) is 116 Å². The first kappa shape index (κ1) is 21.4. The number of amides is 4. The van der Waals surface area contributed by atoms with Gasteiger partial charge in [-0.25, -0.2) is 9.78 Å². The fourth-order valence-electron chi connectivity index (χ4n) is 3.66. The summed E-state index contributed by atoms with van der Waals surface area (Å²) < 4.78 is 5.13. The van der Waals surface area contributed by atoms with Crippen molar-refractivity contribution >= 4 is 28.9 Å². The summed E-state index contributed by atoms with van der Waals surface area (Å²) >= 11 is 0. The molecule has 1 aliphatic heterocycles. The number of fused-ring (bicyclic) bond motifs is 1. The molecule has 0 bridgehead atoms. The molecule has 2 aromatic carbocycles. The molecule has 4 rings (SSSR count). The number of nitrogens with one attached hydrogen (secondary N) is 3. The summed E-state index contributed by atoms with van der Waals surface area (Å²) in [5.74, 6) is 0.851. The van der Waals surface area contributed by atoms with Crippen molar-refractivity contribution in [3.8, 4) is 5.75 Å². The summed E-state index contributed by atoms with van der Waals surface area (Å²) in [5, 5.41) is 5.39. The third-order valence-corrected chi connectivity index (χ3v) is 5.40. The standard InChI is InChI=1S/C23H25N5O4/c1-32-16-8-6-15(7-9-16)11-13-28-22(30)19(27-23(28)31)14-21(29)24-12-10-20-25-17-4-2-3-5-18(17)26-20/h2-9,19H,10-14H2,1H3,(H,24,29)(H,25,26)(H,27,31)/t19-/m0/s1. The third kappa shape index (κ3) is 4.88. The minimum Gasteiger partial charge on any atom is -0.497 e. The molecule has 1 atom stereocenters. The van der Waals surface area contributed by atoms with Crippen LogP contribution in [-0.2, 0) is 22.4 Å². The molecule has 0 aliphatic carbocycles. The number of nitrogens with zero attached hydrogens (tertiary/aromatic N) is 2. The second-order valence-corrected chi connectivity index (χ2v) is 7.59. The van der Waals surface area contributed by atoms with Crippen LogP contribution in [0.15, 0.2) is 48.5 Å². The van der Waals surface area contributed by atoms with Gasteiger partial charge in [0.15, 0.2) is 0 Å². The van der Waals surface area contributed by atoms with E-state index in [1.165, 1.54) is 0 Å². The van der Waals surface area contributed by atoms with Gasteiger partial charge in [-0.05, 0) is 36.2 Å². The van der Waals surface area contributed by atoms with E-state index >= 15 is 0 Å². The van der Waals surface area contributed by atoms with Crippen molar-refractivity contribution in [2.45, 2.75) is 25.3 Å². The Hall–Kier alpha value is -3.88. The average molecular weight is 435 g/mol. The number of hydrogen-bond acceptors (Lipinski definition) is 5. The van der Waals surface area contributed by atoms with E-state index in [1.807, 2.05) is 48.5 Å². The van der Waals surface area contributed by atoms with Gasteiger partial charge in [-0.1, -0.05) is 24.3 Å². The molecule has 1 fully saturated rings. The first-order valence-corrected chi connectivity index (χ1v) is 10.5. The van der Waals surface area contributed by atoms with Crippen molar-refractivity contribution < 1.29 is 19.1 Å². The average Bonchev–Trinajstić information content (AvgIpc) is 3.32. The van der Waals surface area contributed by atoms with E-state index in [0.29, 0.717) is 19.4 Å². The van der Waals surface area contributed by atoms with Crippen LogP contribution in [0, 0.1) is 0 Å². The van der Waals surface area contributed by atoms with Crippen LogP contribution in [0.5, 0.6) is 5.75 Å². The number of carbonyl (C=O) groups is 3. The molecule has 0 unspecified atom stereocenters. The summed E-state index contributed by atoms with van der Waals surface area (Å²) in [6.07, 6.45) is 0.975. The van der Waals surface area contributed by atoms with Crippen molar-refractivity contribution in [1.82, 2.24) is 25.5 Å². The van der Waals surface area contributed by atoms with Gasteiger partial charge in [0.05, 0.1) is 24.6 Å². The fraction of sp³-hybridized carbons (Fsp3) is 0.304. The molecule has 9 heteroatoms. The molecule has 1 saturated heterocycles. The third-order valence-electron chi connectivity index (χ3n) is 5.40. The predicted molar refractivity (Wildman–Crippen MR) is 118 cm³/mol. The molecular formula is C23H25N5O4. The molecule has 4 amide bonds. The van der Waals surface area contributed by atoms with Gasteiger partial charge in [-0.2, -0.15) is 0 Å². The Morgan fingerprint density at radius 3 is 2.66 bits per heavy atom. The summed E-state index contributed by atoms with van der Waals surface area (Å²) in [4.78, 5) is 45.9. The Kier molecular flexibility index (Phi) is 6.34. The first-order valence-electron chi connectivity index (χ1n) is 10.5. The molecule has 32 heavy (non-hydrogen) atoms. The number of benzene rings is 2. The Labute approximate surface area is 185 Å². The molecule has 2 heterocycles. The van der Waals surface area contributed by atoms with E-state index in [-0.39, 0.29) is 24.8 Å². The largest absolute Gasteiger partial charge is 0.497 e. The number of imide groups is 1. The smallest absolute Gasteiger partial charge is 0.324 e. The van der Waals surface area contributed by atoms with Crippen LogP contribution in [0.2, 0.25) is 0 Å². The van der Waals surface area contributed by atoms with Gasteiger partial charge in [-0.15, -0.1) is 0 Å². The van der Waals surface area contributed by atoms with Crippen LogP contribution in [0.4, 0.5) is 4.79 Å². The molecule has 3 aromatic rings. The summed E-state index contributed by atoms with van der Waals surface area (Å²) in [6.45, 7) is 0.635. The van der Waals surface area contributed by atoms with Crippen LogP contribution in [0.1, 0.15) is 17.8 Å². The lowest BCUT2D eigenvalue weighted by molar-refractivity contribution is -0.130. The van der Waals surface area contributed by atoms with Crippen LogP contribution in [0.25, 0.3) is 11.0 Å². The molecule has 1 aliphatic rings. The normalized spacial score (nSPS) is 15.8. The Morgan fingerprint density at radius 1 is 1.12 bits per heavy atom. The monoisotopic (exact) mass is 435 g/mol. The summed E-state index contributed by atoms with van der Waals surface area (Å²) in [5.41, 5.74) is 2.81. The van der Waals surface area contributed by atoms with Crippen LogP contribution in [0.3, 0.4) is 0 Å². The van der Waals surface area contributed by atoms with Crippen molar-refractivity contribution in [3.05, 3.63) is 59.9 Å². The fourth-order valence-corrected chi connectivity index (χ4v) is 3.66. The molecule has 0 saturated carbocycles. The summed E-state index contributed by atoms with van der Waals surface area (Å²) in [7, 11) is 1.59. The number of urea groups is 1. The molecule has 166 valence electrons. The van der Waals surface area contributed by atoms with Crippen molar-refractivity contribution in [3.63, 3.8) is 0 Å². The highest BCUT2D eigenvalue weighted by Crippen LogP contribution is 2.15. The lowest BCUT2D eigenvalue weighted by Gasteiger charge is -2.13. The second-order valence-electron chi connectivity index (χ2n) is 7.59. The lowest BCUT2D eigenvalue weighted by Crippen LogP contribution is -2.37. The van der Waals surface area contributed by atoms with E-state index in [1.54, 1.807) is 7.11 Å². The van der Waals surface area contributed by atoms with Gasteiger partial charge in [0, 0.05) is 19.5 Å². The van der Waals surface area contributed by atoms with E-state index in [9.17, 15) is 14.4 Å². The van der Waals surface area contributed by atoms with Gasteiger partial charge in [0.2, 0.25) is 5.91 Å². The number of para-hydroxylation sites is 2. The highest BCUT2D eigenvalue weighted by atomic mass is 16.5.